The molecule has 0 bridgehead atoms. The molecule has 0 saturated carbocycles. The van der Waals surface area contributed by atoms with Gasteiger partial charge in [0, 0.05) is 17.1 Å². The van der Waals surface area contributed by atoms with E-state index in [-0.39, 0.29) is 0 Å². The van der Waals surface area contributed by atoms with Crippen LogP contribution in [0.4, 0.5) is 0 Å². The van der Waals surface area contributed by atoms with Crippen LogP contribution in [-0.4, -0.2) is 12.1 Å². The van der Waals surface area contributed by atoms with Crippen molar-refractivity contribution in [3.8, 4) is 16.9 Å². The Bertz CT molecular complexity index is 766. The second-order valence-corrected chi connectivity index (χ2v) is 5.56. The van der Waals surface area contributed by atoms with Gasteiger partial charge >= 0.3 is 0 Å². The molecular weight excluding hydrogens is 314 g/mol. The molecule has 2 nitrogen and oxygen atoms in total. The number of aromatic nitrogens is 1. The van der Waals surface area contributed by atoms with Crippen molar-refractivity contribution in [1.82, 2.24) is 4.98 Å². The molecule has 1 aromatic heterocycles. The summed E-state index contributed by atoms with van der Waals surface area (Å²) in [5, 5.41) is 1.01. The highest BCUT2D eigenvalue weighted by molar-refractivity contribution is 9.10. The molecule has 0 N–H and O–H groups in total. The van der Waals surface area contributed by atoms with Crippen LogP contribution in [0.25, 0.3) is 22.0 Å². The minimum atomic E-state index is 0.823. The van der Waals surface area contributed by atoms with Gasteiger partial charge in [0.2, 0.25) is 0 Å². The summed E-state index contributed by atoms with van der Waals surface area (Å²) >= 11 is 3.48. The minimum absolute atomic E-state index is 0.823. The third kappa shape index (κ3) is 2.18. The lowest BCUT2D eigenvalue weighted by Gasteiger charge is -2.11. The molecule has 0 aliphatic rings. The third-order valence-corrected chi connectivity index (χ3v) is 3.94. The molecule has 20 heavy (non-hydrogen) atoms. The molecule has 1 heterocycles. The summed E-state index contributed by atoms with van der Waals surface area (Å²) in [6, 6.07) is 14.6. The zero-order valence-electron chi connectivity index (χ0n) is 11.4. The Kier molecular flexibility index (Phi) is 3.45. The number of rotatable bonds is 2. The first-order valence-corrected chi connectivity index (χ1v) is 7.18. The Morgan fingerprint density at radius 3 is 2.50 bits per heavy atom. The standard InChI is InChI=1S/C17H14BrNO/c1-11-6-8-12(9-7-11)13-4-3-5-14-16(13)19-10-15(18)17(14)20-2/h3-10H,1-2H3. The van der Waals surface area contributed by atoms with Gasteiger partial charge < -0.3 is 4.74 Å². The lowest BCUT2D eigenvalue weighted by atomic mass is 10.0. The topological polar surface area (TPSA) is 22.1 Å². The van der Waals surface area contributed by atoms with E-state index in [2.05, 4.69) is 58.2 Å². The lowest BCUT2D eigenvalue weighted by Crippen LogP contribution is -1.91. The number of aryl methyl sites for hydroxylation is 1. The van der Waals surface area contributed by atoms with Crippen LogP contribution in [0.2, 0.25) is 0 Å². The molecule has 3 heteroatoms. The Balaban J connectivity index is 2.29. The zero-order chi connectivity index (χ0) is 14.1. The smallest absolute Gasteiger partial charge is 0.144 e. The van der Waals surface area contributed by atoms with Crippen molar-refractivity contribution in [1.29, 1.82) is 0 Å². The van der Waals surface area contributed by atoms with Gasteiger partial charge in [0.15, 0.2) is 0 Å². The maximum Gasteiger partial charge on any atom is 0.144 e. The number of methoxy groups -OCH3 is 1. The van der Waals surface area contributed by atoms with E-state index >= 15 is 0 Å². The van der Waals surface area contributed by atoms with Crippen LogP contribution in [0.1, 0.15) is 5.56 Å². The van der Waals surface area contributed by atoms with Crippen LogP contribution in [0, 0.1) is 6.92 Å². The highest BCUT2D eigenvalue weighted by atomic mass is 79.9. The fourth-order valence-electron chi connectivity index (χ4n) is 2.35. The first-order chi connectivity index (χ1) is 9.70. The van der Waals surface area contributed by atoms with E-state index in [0.717, 1.165) is 32.3 Å². The van der Waals surface area contributed by atoms with E-state index in [1.165, 1.54) is 5.56 Å². The summed E-state index contributed by atoms with van der Waals surface area (Å²) in [6.45, 7) is 2.09. The van der Waals surface area contributed by atoms with E-state index in [4.69, 9.17) is 4.74 Å². The van der Waals surface area contributed by atoms with Crippen molar-refractivity contribution < 1.29 is 4.74 Å². The molecule has 2 aromatic carbocycles. The first kappa shape index (κ1) is 13.1. The maximum atomic E-state index is 5.48. The molecule has 0 spiro atoms. The summed E-state index contributed by atoms with van der Waals surface area (Å²) in [5.41, 5.74) is 4.49. The van der Waals surface area contributed by atoms with Crippen molar-refractivity contribution in [2.75, 3.05) is 7.11 Å². The van der Waals surface area contributed by atoms with Gasteiger partial charge in [0.1, 0.15) is 5.75 Å². The molecule has 0 radical (unpaired) electrons. The average Bonchev–Trinajstić information content (AvgIpc) is 2.47. The maximum absolute atomic E-state index is 5.48. The third-order valence-electron chi connectivity index (χ3n) is 3.37. The van der Waals surface area contributed by atoms with Crippen LogP contribution in [-0.2, 0) is 0 Å². The van der Waals surface area contributed by atoms with Gasteiger partial charge in [-0.05, 0) is 34.5 Å². The summed E-state index contributed by atoms with van der Waals surface area (Å²) in [6.07, 6.45) is 1.79. The summed E-state index contributed by atoms with van der Waals surface area (Å²) < 4.78 is 6.35. The largest absolute Gasteiger partial charge is 0.495 e. The molecule has 0 atom stereocenters. The van der Waals surface area contributed by atoms with Crippen molar-refractivity contribution in [2.24, 2.45) is 0 Å². The van der Waals surface area contributed by atoms with E-state index < -0.39 is 0 Å². The monoisotopic (exact) mass is 327 g/mol. The van der Waals surface area contributed by atoms with E-state index in [9.17, 15) is 0 Å². The Morgan fingerprint density at radius 1 is 1.05 bits per heavy atom. The molecular formula is C17H14BrNO. The number of para-hydroxylation sites is 1. The Labute approximate surface area is 126 Å². The van der Waals surface area contributed by atoms with Crippen LogP contribution < -0.4 is 4.74 Å². The molecule has 0 fully saturated rings. The molecule has 0 saturated heterocycles. The SMILES string of the molecule is COc1c(Br)cnc2c(-c3ccc(C)cc3)cccc12. The fraction of sp³-hybridized carbons (Fsp3) is 0.118. The number of nitrogens with zero attached hydrogens (tertiary/aromatic N) is 1. The van der Waals surface area contributed by atoms with Crippen LogP contribution in [0.5, 0.6) is 5.75 Å². The van der Waals surface area contributed by atoms with Gasteiger partial charge in [0.25, 0.3) is 0 Å². The first-order valence-electron chi connectivity index (χ1n) is 6.39. The van der Waals surface area contributed by atoms with Gasteiger partial charge in [-0.1, -0.05) is 42.0 Å². The molecule has 100 valence electrons. The van der Waals surface area contributed by atoms with E-state index in [1.807, 2.05) is 12.1 Å². The molecule has 0 aliphatic heterocycles. The molecule has 0 amide bonds. The highest BCUT2D eigenvalue weighted by Gasteiger charge is 2.11. The van der Waals surface area contributed by atoms with E-state index in [0.29, 0.717) is 0 Å². The Hall–Kier alpha value is -1.87. The number of benzene rings is 2. The second-order valence-electron chi connectivity index (χ2n) is 4.71. The minimum Gasteiger partial charge on any atom is -0.495 e. The number of halogens is 1. The number of hydrogen-bond acceptors (Lipinski definition) is 2. The predicted octanol–water partition coefficient (Wildman–Crippen LogP) is 4.98. The van der Waals surface area contributed by atoms with E-state index in [1.54, 1.807) is 13.3 Å². The van der Waals surface area contributed by atoms with Crippen molar-refractivity contribution >= 4 is 26.8 Å². The van der Waals surface area contributed by atoms with Gasteiger partial charge in [-0.2, -0.15) is 0 Å². The van der Waals surface area contributed by atoms with Gasteiger partial charge in [0.05, 0.1) is 17.1 Å². The molecule has 3 rings (SSSR count). The fourth-order valence-corrected chi connectivity index (χ4v) is 2.83. The van der Waals surface area contributed by atoms with Gasteiger partial charge in [-0.3, -0.25) is 4.98 Å². The second kappa shape index (κ2) is 5.25. The number of ether oxygens (including phenoxy) is 1. The van der Waals surface area contributed by atoms with Gasteiger partial charge in [-0.25, -0.2) is 0 Å². The van der Waals surface area contributed by atoms with Crippen molar-refractivity contribution in [3.63, 3.8) is 0 Å². The lowest BCUT2D eigenvalue weighted by molar-refractivity contribution is 0.417. The van der Waals surface area contributed by atoms with Crippen molar-refractivity contribution in [2.45, 2.75) is 6.92 Å². The summed E-state index contributed by atoms with van der Waals surface area (Å²) in [7, 11) is 1.68. The molecule has 3 aromatic rings. The summed E-state index contributed by atoms with van der Waals surface area (Å²) in [5.74, 6) is 0.823. The zero-order valence-corrected chi connectivity index (χ0v) is 12.9. The number of hydrogen-bond donors (Lipinski definition) is 0. The van der Waals surface area contributed by atoms with Crippen LogP contribution in [0.3, 0.4) is 0 Å². The summed E-state index contributed by atoms with van der Waals surface area (Å²) in [4.78, 5) is 4.56. The van der Waals surface area contributed by atoms with Crippen LogP contribution in [0.15, 0.2) is 53.1 Å². The average molecular weight is 328 g/mol. The highest BCUT2D eigenvalue weighted by Crippen LogP contribution is 2.36. The molecule has 0 unspecified atom stereocenters. The predicted molar refractivity (Wildman–Crippen MR) is 86.2 cm³/mol. The Morgan fingerprint density at radius 2 is 1.80 bits per heavy atom. The van der Waals surface area contributed by atoms with Gasteiger partial charge in [-0.15, -0.1) is 0 Å². The quantitative estimate of drug-likeness (QED) is 0.662. The van der Waals surface area contributed by atoms with Crippen LogP contribution >= 0.6 is 15.9 Å². The molecule has 0 aliphatic carbocycles. The normalized spacial score (nSPS) is 10.8. The van der Waals surface area contributed by atoms with Crippen molar-refractivity contribution in [3.05, 3.63) is 58.7 Å². The number of fused-ring (bicyclic) bond motifs is 1. The number of pyridine rings is 1.